The molecule has 8 nitrogen and oxygen atoms in total. The van der Waals surface area contributed by atoms with Crippen molar-refractivity contribution in [3.63, 3.8) is 0 Å². The van der Waals surface area contributed by atoms with Gasteiger partial charge in [0.1, 0.15) is 18.1 Å². The van der Waals surface area contributed by atoms with Gasteiger partial charge in [-0.1, -0.05) is 58.6 Å². The van der Waals surface area contributed by atoms with E-state index in [1.54, 1.807) is 4.68 Å². The first kappa shape index (κ1) is 25.1. The molecule has 38 heavy (non-hydrogen) atoms. The fraction of sp³-hybridized carbons (Fsp3) is 0.448. The maximum Gasteiger partial charge on any atom is 0.254 e. The molecule has 3 aromatic rings. The molecule has 3 aliphatic rings. The maximum atomic E-state index is 14.0. The van der Waals surface area contributed by atoms with E-state index in [4.69, 9.17) is 4.74 Å². The third kappa shape index (κ3) is 4.72. The number of benzene rings is 2. The number of carbonyl (C=O) groups excluding carboxylic acids is 2. The number of amides is 2. The Labute approximate surface area is 231 Å². The van der Waals surface area contributed by atoms with E-state index in [2.05, 4.69) is 26.2 Å². The van der Waals surface area contributed by atoms with Crippen LogP contribution in [0.2, 0.25) is 0 Å². The Balaban J connectivity index is 1.36. The Hall–Kier alpha value is -3.20. The molecule has 3 heterocycles. The summed E-state index contributed by atoms with van der Waals surface area (Å²) in [6.07, 6.45) is 7.86. The smallest absolute Gasteiger partial charge is 0.254 e. The van der Waals surface area contributed by atoms with Crippen LogP contribution in [0.5, 0.6) is 5.75 Å². The summed E-state index contributed by atoms with van der Waals surface area (Å²) in [5, 5.41) is 8.17. The van der Waals surface area contributed by atoms with Gasteiger partial charge in [-0.15, -0.1) is 5.10 Å². The van der Waals surface area contributed by atoms with Gasteiger partial charge in [0.2, 0.25) is 5.91 Å². The number of aromatic nitrogens is 3. The number of ether oxygens (including phenoxy) is 1. The summed E-state index contributed by atoms with van der Waals surface area (Å²) < 4.78 is 9.00. The van der Waals surface area contributed by atoms with Crippen molar-refractivity contribution in [3.05, 3.63) is 75.0 Å². The normalized spacial score (nSPS) is 19.4. The topological polar surface area (TPSA) is 80.6 Å². The zero-order chi connectivity index (χ0) is 26.2. The number of aryl methyl sites for hydroxylation is 1. The third-order valence-electron chi connectivity index (χ3n) is 8.12. The molecule has 1 aliphatic carbocycles. The summed E-state index contributed by atoms with van der Waals surface area (Å²) >= 11 is 3.76. The quantitative estimate of drug-likeness (QED) is 0.419. The minimum Gasteiger partial charge on any atom is -0.487 e. The van der Waals surface area contributed by atoms with E-state index in [-0.39, 0.29) is 30.4 Å². The van der Waals surface area contributed by atoms with Crippen LogP contribution in [0.25, 0.3) is 0 Å². The van der Waals surface area contributed by atoms with Gasteiger partial charge >= 0.3 is 0 Å². The molecule has 1 saturated carbocycles. The van der Waals surface area contributed by atoms with Crippen molar-refractivity contribution in [1.82, 2.24) is 24.8 Å². The van der Waals surface area contributed by atoms with Gasteiger partial charge in [-0.3, -0.25) is 14.3 Å². The van der Waals surface area contributed by atoms with Crippen molar-refractivity contribution >= 4 is 27.7 Å². The van der Waals surface area contributed by atoms with Crippen LogP contribution in [0, 0.1) is 5.92 Å². The molecule has 0 N–H and O–H groups in total. The van der Waals surface area contributed by atoms with Crippen molar-refractivity contribution in [2.45, 2.75) is 57.7 Å². The van der Waals surface area contributed by atoms with E-state index in [1.807, 2.05) is 59.4 Å². The second-order valence-corrected chi connectivity index (χ2v) is 11.4. The zero-order valence-electron chi connectivity index (χ0n) is 21.6. The summed E-state index contributed by atoms with van der Waals surface area (Å²) in [5.74, 6) is 1.01. The van der Waals surface area contributed by atoms with Crippen LogP contribution in [0.1, 0.15) is 70.9 Å². The number of rotatable bonds is 6. The van der Waals surface area contributed by atoms with Crippen molar-refractivity contribution in [3.8, 4) is 5.75 Å². The zero-order valence-corrected chi connectivity index (χ0v) is 23.2. The minimum atomic E-state index is -0.291. The molecule has 2 aliphatic heterocycles. The fourth-order valence-corrected chi connectivity index (χ4v) is 6.77. The monoisotopic (exact) mass is 577 g/mol. The summed E-state index contributed by atoms with van der Waals surface area (Å²) in [4.78, 5) is 31.3. The number of nitrogens with zero attached hydrogens (tertiary/aromatic N) is 5. The van der Waals surface area contributed by atoms with Gasteiger partial charge in [-0.05, 0) is 48.6 Å². The number of hydrogen-bond acceptors (Lipinski definition) is 5. The van der Waals surface area contributed by atoms with Crippen LogP contribution in [0.15, 0.2) is 47.1 Å². The predicted octanol–water partition coefficient (Wildman–Crippen LogP) is 4.82. The lowest BCUT2D eigenvalue weighted by Crippen LogP contribution is -2.48. The molecule has 0 saturated heterocycles. The first-order valence-corrected chi connectivity index (χ1v) is 14.3. The average Bonchev–Trinajstić information content (AvgIpc) is 3.50. The maximum absolute atomic E-state index is 14.0. The molecule has 0 unspecified atom stereocenters. The lowest BCUT2D eigenvalue weighted by atomic mass is 9.85. The fourth-order valence-electron chi connectivity index (χ4n) is 6.23. The van der Waals surface area contributed by atoms with Crippen LogP contribution >= 0.6 is 15.9 Å². The number of hydrogen-bond donors (Lipinski definition) is 0. The highest BCUT2D eigenvalue weighted by atomic mass is 79.9. The summed E-state index contributed by atoms with van der Waals surface area (Å²) in [6, 6.07) is 11.5. The van der Waals surface area contributed by atoms with Gasteiger partial charge in [-0.2, -0.15) is 0 Å². The van der Waals surface area contributed by atoms with Gasteiger partial charge in [0.25, 0.3) is 5.91 Å². The van der Waals surface area contributed by atoms with Crippen LogP contribution in [0.3, 0.4) is 0 Å². The molecule has 1 atom stereocenters. The Kier molecular flexibility index (Phi) is 6.95. The Morgan fingerprint density at radius 1 is 1.13 bits per heavy atom. The highest BCUT2D eigenvalue weighted by Gasteiger charge is 2.40. The lowest BCUT2D eigenvalue weighted by Gasteiger charge is -2.42. The van der Waals surface area contributed by atoms with Crippen molar-refractivity contribution in [2.75, 3.05) is 13.1 Å². The van der Waals surface area contributed by atoms with E-state index >= 15 is 0 Å². The average molecular weight is 579 g/mol. The molecule has 1 aromatic heterocycles. The molecular weight excluding hydrogens is 546 g/mol. The molecule has 9 heteroatoms. The van der Waals surface area contributed by atoms with E-state index in [0.717, 1.165) is 70.3 Å². The van der Waals surface area contributed by atoms with Crippen molar-refractivity contribution in [1.29, 1.82) is 0 Å². The van der Waals surface area contributed by atoms with E-state index < -0.39 is 0 Å². The molecule has 2 amide bonds. The van der Waals surface area contributed by atoms with Crippen molar-refractivity contribution < 1.29 is 14.3 Å². The molecule has 0 spiro atoms. The third-order valence-corrected chi connectivity index (χ3v) is 8.87. The summed E-state index contributed by atoms with van der Waals surface area (Å²) in [6.45, 7) is 1.89. The van der Waals surface area contributed by atoms with Gasteiger partial charge in [0, 0.05) is 48.2 Å². The minimum absolute atomic E-state index is 0.0230. The Morgan fingerprint density at radius 2 is 1.95 bits per heavy atom. The highest BCUT2D eigenvalue weighted by molar-refractivity contribution is 9.10. The molecule has 198 valence electrons. The predicted molar refractivity (Wildman–Crippen MR) is 145 cm³/mol. The van der Waals surface area contributed by atoms with Gasteiger partial charge < -0.3 is 14.5 Å². The largest absolute Gasteiger partial charge is 0.487 e. The second kappa shape index (κ2) is 10.5. The summed E-state index contributed by atoms with van der Waals surface area (Å²) in [5.41, 5.74) is 4.65. The molecule has 1 fully saturated rings. The Morgan fingerprint density at radius 3 is 2.71 bits per heavy atom. The number of fused-ring (bicyclic) bond motifs is 2. The number of carbonyl (C=O) groups is 2. The van der Waals surface area contributed by atoms with Gasteiger partial charge in [0.05, 0.1) is 12.2 Å². The van der Waals surface area contributed by atoms with Crippen LogP contribution in [0.4, 0.5) is 0 Å². The standard InChI is InChI=1S/C29H32BrN5O3/c1-33-16-21(31-32-33)18-38-26-12-11-24(30)23-13-14-35(28(36)19-7-3-2-4-8-19)25(27(23)26)17-34-15-20-9-5-6-10-22(20)29(34)37/h5-6,9-12,16,19,25H,2-4,7-8,13-15,17-18H2,1H3/t25-/m1/s1. The molecule has 0 radical (unpaired) electrons. The van der Waals surface area contributed by atoms with E-state index in [0.29, 0.717) is 19.6 Å². The van der Waals surface area contributed by atoms with Crippen molar-refractivity contribution in [2.24, 2.45) is 13.0 Å². The molecular formula is C29H32BrN5O3. The first-order chi connectivity index (χ1) is 18.5. The first-order valence-electron chi connectivity index (χ1n) is 13.5. The highest BCUT2D eigenvalue weighted by Crippen LogP contribution is 2.43. The SMILES string of the molecule is Cn1cc(COc2ccc(Br)c3c2[C@@H](CN2Cc4ccccc4C2=O)N(C(=O)C2CCCCC2)CC3)nn1. The molecule has 6 rings (SSSR count). The lowest BCUT2D eigenvalue weighted by molar-refractivity contribution is -0.140. The second-order valence-electron chi connectivity index (χ2n) is 10.6. The van der Waals surface area contributed by atoms with Gasteiger partial charge in [-0.25, -0.2) is 0 Å². The Bertz CT molecular complexity index is 1370. The number of halogens is 1. The molecule has 2 aromatic carbocycles. The molecule has 0 bridgehead atoms. The van der Waals surface area contributed by atoms with Crippen LogP contribution in [-0.4, -0.2) is 49.7 Å². The van der Waals surface area contributed by atoms with Crippen LogP contribution in [-0.2, 0) is 31.4 Å². The van der Waals surface area contributed by atoms with Gasteiger partial charge in [0.15, 0.2) is 0 Å². The summed E-state index contributed by atoms with van der Waals surface area (Å²) in [7, 11) is 1.83. The van der Waals surface area contributed by atoms with E-state index in [1.165, 1.54) is 6.42 Å². The van der Waals surface area contributed by atoms with E-state index in [9.17, 15) is 9.59 Å². The van der Waals surface area contributed by atoms with Crippen LogP contribution < -0.4 is 4.74 Å².